The summed E-state index contributed by atoms with van der Waals surface area (Å²) in [5.41, 5.74) is 7.94. The van der Waals surface area contributed by atoms with Gasteiger partial charge in [-0.1, -0.05) is 19.9 Å². The Morgan fingerprint density at radius 3 is 2.77 bits per heavy atom. The van der Waals surface area contributed by atoms with Crippen molar-refractivity contribution in [1.82, 2.24) is 14.9 Å². The molecule has 1 aliphatic rings. The molecule has 0 aliphatic carbocycles. The number of imidazole rings is 1. The minimum Gasteiger partial charge on any atom is -0.401 e. The number of aliphatic imine (C=N–C) groups is 2. The van der Waals surface area contributed by atoms with E-state index >= 15 is 0 Å². The Labute approximate surface area is 193 Å². The number of nitrogens with zero attached hydrogens (tertiary/aromatic N) is 4. The van der Waals surface area contributed by atoms with Crippen LogP contribution in [0.25, 0.3) is 0 Å². The molecule has 1 aromatic rings. The highest BCUT2D eigenvalue weighted by Crippen LogP contribution is 2.20. The topological polar surface area (TPSA) is 145 Å². The van der Waals surface area contributed by atoms with Crippen LogP contribution in [0.1, 0.15) is 51.6 Å². The number of aromatic nitrogens is 2. The van der Waals surface area contributed by atoms with E-state index in [1.807, 2.05) is 6.92 Å². The summed E-state index contributed by atoms with van der Waals surface area (Å²) >= 11 is 7.13. The van der Waals surface area contributed by atoms with Crippen LogP contribution in [0, 0.1) is 5.41 Å². The van der Waals surface area contributed by atoms with Gasteiger partial charge in [-0.25, -0.2) is 4.99 Å². The summed E-state index contributed by atoms with van der Waals surface area (Å²) in [5, 5.41) is 17.6. The molecule has 2 rings (SSSR count). The number of allylic oxidation sites excluding steroid dienone is 1. The summed E-state index contributed by atoms with van der Waals surface area (Å²) in [4.78, 5) is 19.1. The van der Waals surface area contributed by atoms with Crippen molar-refractivity contribution in [3.8, 4) is 0 Å². The van der Waals surface area contributed by atoms with Gasteiger partial charge >= 0.3 is 0 Å². The molecule has 1 aliphatic heterocycles. The molecule has 0 atom stereocenters. The summed E-state index contributed by atoms with van der Waals surface area (Å²) in [6.45, 7) is 9.68. The molecule has 0 saturated carbocycles. The summed E-state index contributed by atoms with van der Waals surface area (Å²) in [7, 11) is 0. The molecule has 0 amide bonds. The maximum Gasteiger partial charge on any atom is 0.202 e. The first-order chi connectivity index (χ1) is 14.9. The zero-order valence-electron chi connectivity index (χ0n) is 18.2. The van der Waals surface area contributed by atoms with Crippen molar-refractivity contribution < 1.29 is 0 Å². The molecule has 0 aromatic carbocycles. The van der Waals surface area contributed by atoms with E-state index < -0.39 is 0 Å². The molecule has 0 fully saturated rings. The number of aromatic amines is 1. The second kappa shape index (κ2) is 12.5. The van der Waals surface area contributed by atoms with Gasteiger partial charge in [0.2, 0.25) is 5.28 Å². The van der Waals surface area contributed by atoms with Crippen LogP contribution in [0.15, 0.2) is 33.4 Å². The largest absolute Gasteiger partial charge is 0.401 e. The van der Waals surface area contributed by atoms with Crippen molar-refractivity contribution >= 4 is 46.7 Å². The standard InChI is InChI=1S/C20H32ClN9S/c1-4-6-10-30(18(23)16-19(25-5-2)29-20(21)28-16)11-8-7-9-15-26-12-14(27-15)17(31-24)13(3)22/h5,23,25H,2,4,6-12,22,24H2,1,3H3,(H,28,29)/b17-13-,23-18?. The van der Waals surface area contributed by atoms with Gasteiger partial charge in [-0.3, -0.25) is 15.5 Å². The molecule has 11 heteroatoms. The van der Waals surface area contributed by atoms with Crippen molar-refractivity contribution in [2.75, 3.05) is 25.0 Å². The summed E-state index contributed by atoms with van der Waals surface area (Å²) in [6.07, 6.45) is 6.18. The molecule has 31 heavy (non-hydrogen) atoms. The fourth-order valence-corrected chi connectivity index (χ4v) is 3.79. The third-order valence-corrected chi connectivity index (χ3v) is 5.71. The third-order valence-electron chi connectivity index (χ3n) is 4.74. The smallest absolute Gasteiger partial charge is 0.202 e. The fraction of sp³-hybridized carbons (Fsp3) is 0.500. The minimum absolute atomic E-state index is 0.240. The predicted octanol–water partition coefficient (Wildman–Crippen LogP) is 3.87. The van der Waals surface area contributed by atoms with Gasteiger partial charge in [-0.05, 0) is 55.9 Å². The number of anilines is 1. The maximum atomic E-state index is 8.68. The maximum absolute atomic E-state index is 8.68. The van der Waals surface area contributed by atoms with Crippen molar-refractivity contribution in [3.05, 3.63) is 34.4 Å². The summed E-state index contributed by atoms with van der Waals surface area (Å²) < 4.78 is 0. The van der Waals surface area contributed by atoms with E-state index in [0.29, 0.717) is 29.6 Å². The second-order valence-corrected chi connectivity index (χ2v) is 8.17. The lowest BCUT2D eigenvalue weighted by Gasteiger charge is -2.25. The first kappa shape index (κ1) is 25.0. The fourth-order valence-electron chi connectivity index (χ4n) is 3.18. The van der Waals surface area contributed by atoms with Crippen LogP contribution in [-0.2, 0) is 0 Å². The van der Waals surface area contributed by atoms with Gasteiger partial charge in [0, 0.05) is 25.2 Å². The van der Waals surface area contributed by atoms with Crippen LogP contribution >= 0.6 is 23.5 Å². The lowest BCUT2D eigenvalue weighted by Crippen LogP contribution is -2.33. The average molecular weight is 466 g/mol. The second-order valence-electron chi connectivity index (χ2n) is 7.17. The zero-order chi connectivity index (χ0) is 22.8. The number of halogens is 1. The molecule has 0 spiro atoms. The molecule has 0 bridgehead atoms. The van der Waals surface area contributed by atoms with E-state index in [2.05, 4.69) is 43.7 Å². The highest BCUT2D eigenvalue weighted by molar-refractivity contribution is 8.01. The molecule has 1 aromatic heterocycles. The van der Waals surface area contributed by atoms with Crippen LogP contribution < -0.4 is 16.2 Å². The Kier molecular flexibility index (Phi) is 10.1. The van der Waals surface area contributed by atoms with Crippen LogP contribution in [0.3, 0.4) is 0 Å². The first-order valence-electron chi connectivity index (χ1n) is 10.3. The van der Waals surface area contributed by atoms with Crippen LogP contribution in [0.5, 0.6) is 0 Å². The molecular weight excluding hydrogens is 434 g/mol. The zero-order valence-corrected chi connectivity index (χ0v) is 19.7. The minimum atomic E-state index is 0.240. The van der Waals surface area contributed by atoms with Gasteiger partial charge in [0.15, 0.2) is 5.82 Å². The van der Waals surface area contributed by atoms with Crippen LogP contribution in [-0.4, -0.2) is 51.9 Å². The van der Waals surface area contributed by atoms with E-state index in [9.17, 15) is 0 Å². The molecule has 9 nitrogen and oxygen atoms in total. The van der Waals surface area contributed by atoms with E-state index in [-0.39, 0.29) is 5.28 Å². The number of hydrogen-bond donors (Lipinski definition) is 5. The highest BCUT2D eigenvalue weighted by Gasteiger charge is 2.19. The van der Waals surface area contributed by atoms with Crippen molar-refractivity contribution in [2.45, 2.75) is 46.0 Å². The lowest BCUT2D eigenvalue weighted by atomic mass is 10.2. The quantitative estimate of drug-likeness (QED) is 0.129. The molecule has 7 N–H and O–H groups in total. The average Bonchev–Trinajstić information content (AvgIpc) is 3.34. The van der Waals surface area contributed by atoms with Gasteiger partial charge in [0.25, 0.3) is 0 Å². The molecular formula is C20H32ClN9S. The molecule has 2 heterocycles. The molecule has 0 saturated heterocycles. The van der Waals surface area contributed by atoms with E-state index in [0.717, 1.165) is 73.6 Å². The number of hydrogen-bond acceptors (Lipinski definition) is 8. The van der Waals surface area contributed by atoms with E-state index in [4.69, 9.17) is 27.9 Å². The van der Waals surface area contributed by atoms with Crippen molar-refractivity contribution in [3.63, 3.8) is 0 Å². The normalized spacial score (nSPS) is 14.1. The number of H-pyrrole nitrogens is 1. The highest BCUT2D eigenvalue weighted by atomic mass is 35.5. The Balaban J connectivity index is 1.94. The van der Waals surface area contributed by atoms with Gasteiger partial charge in [-0.2, -0.15) is 4.98 Å². The number of amidine groups is 2. The summed E-state index contributed by atoms with van der Waals surface area (Å²) in [5.74, 6) is 1.70. The molecule has 0 radical (unpaired) electrons. The van der Waals surface area contributed by atoms with E-state index in [1.54, 1.807) is 0 Å². The van der Waals surface area contributed by atoms with Crippen molar-refractivity contribution in [1.29, 1.82) is 5.41 Å². The Morgan fingerprint density at radius 1 is 1.39 bits per heavy atom. The number of nitrogens with one attached hydrogen (secondary N) is 3. The lowest BCUT2D eigenvalue weighted by molar-refractivity contribution is 0.394. The number of rotatable bonds is 13. The van der Waals surface area contributed by atoms with Crippen LogP contribution in [0.2, 0.25) is 5.28 Å². The van der Waals surface area contributed by atoms with Gasteiger partial charge in [0.05, 0.1) is 17.2 Å². The first-order valence-corrected chi connectivity index (χ1v) is 11.6. The SMILES string of the molecule is C=CNc1nc(Cl)[nH]c1C(=N)N(CCCC)CCCCC1=NCC(/C(SN)=C(\C)N)=N1. The monoisotopic (exact) mass is 465 g/mol. The Bertz CT molecular complexity index is 868. The van der Waals surface area contributed by atoms with Gasteiger partial charge in [0.1, 0.15) is 17.4 Å². The third kappa shape index (κ3) is 7.12. The number of nitrogens with two attached hydrogens (primary N) is 2. The molecule has 0 unspecified atom stereocenters. The number of unbranched alkanes of at least 4 members (excludes halogenated alkanes) is 2. The molecule has 170 valence electrons. The predicted molar refractivity (Wildman–Crippen MR) is 133 cm³/mol. The Morgan fingerprint density at radius 2 is 2.13 bits per heavy atom. The van der Waals surface area contributed by atoms with Crippen LogP contribution in [0.4, 0.5) is 5.82 Å². The van der Waals surface area contributed by atoms with Crippen molar-refractivity contribution in [2.24, 2.45) is 20.9 Å². The van der Waals surface area contributed by atoms with Gasteiger partial charge in [-0.15, -0.1) is 0 Å². The van der Waals surface area contributed by atoms with E-state index in [1.165, 1.54) is 6.20 Å². The Hall–Kier alpha value is -2.30. The summed E-state index contributed by atoms with van der Waals surface area (Å²) in [6, 6.07) is 0. The van der Waals surface area contributed by atoms with Gasteiger partial charge < -0.3 is 20.9 Å².